The second-order valence-corrected chi connectivity index (χ2v) is 4.47. The summed E-state index contributed by atoms with van der Waals surface area (Å²) >= 11 is 0. The Bertz CT molecular complexity index is 769. The summed E-state index contributed by atoms with van der Waals surface area (Å²) in [4.78, 5) is 20.8. The van der Waals surface area contributed by atoms with E-state index in [4.69, 9.17) is 0 Å². The minimum atomic E-state index is -0.301. The number of nitrogens with zero attached hydrogens (tertiary/aromatic N) is 2. The third-order valence-electron chi connectivity index (χ3n) is 3.03. The molecular weight excluding hydrogens is 250 g/mol. The van der Waals surface area contributed by atoms with Crippen molar-refractivity contribution in [3.63, 3.8) is 0 Å². The lowest BCUT2D eigenvalue weighted by atomic mass is 10.2. The number of anilines is 1. The maximum Gasteiger partial charge on any atom is 0.293 e. The fraction of sp³-hybridized carbons (Fsp3) is 0.0625. The molecule has 1 aromatic heterocycles. The smallest absolute Gasteiger partial charge is 0.293 e. The van der Waals surface area contributed by atoms with E-state index in [2.05, 4.69) is 15.3 Å². The normalized spacial score (nSPS) is 10.4. The minimum Gasteiger partial charge on any atom is -0.319 e. The number of hydrogen-bond donors (Lipinski definition) is 1. The van der Waals surface area contributed by atoms with Crippen molar-refractivity contribution in [3.8, 4) is 0 Å². The average molecular weight is 263 g/mol. The van der Waals surface area contributed by atoms with E-state index in [0.29, 0.717) is 0 Å². The van der Waals surface area contributed by atoms with Crippen molar-refractivity contribution in [1.82, 2.24) is 9.97 Å². The van der Waals surface area contributed by atoms with E-state index in [1.54, 1.807) is 0 Å². The minimum absolute atomic E-state index is 0.185. The molecule has 0 aliphatic heterocycles. The second kappa shape index (κ2) is 5.09. The van der Waals surface area contributed by atoms with Crippen molar-refractivity contribution in [2.45, 2.75) is 6.92 Å². The summed E-state index contributed by atoms with van der Waals surface area (Å²) in [7, 11) is 0. The Balaban J connectivity index is 1.96. The first-order valence-corrected chi connectivity index (χ1v) is 6.34. The van der Waals surface area contributed by atoms with Gasteiger partial charge in [0.1, 0.15) is 0 Å². The molecule has 0 spiro atoms. The molecule has 1 amide bonds. The number of amides is 1. The van der Waals surface area contributed by atoms with Gasteiger partial charge in [-0.2, -0.15) is 0 Å². The summed E-state index contributed by atoms with van der Waals surface area (Å²) in [6, 6.07) is 16.9. The van der Waals surface area contributed by atoms with Gasteiger partial charge in [0.15, 0.2) is 0 Å². The van der Waals surface area contributed by atoms with E-state index in [0.717, 1.165) is 22.3 Å². The molecule has 0 aliphatic carbocycles. The first kappa shape index (κ1) is 12.3. The maximum atomic E-state index is 12.2. The van der Waals surface area contributed by atoms with Crippen molar-refractivity contribution >= 4 is 22.5 Å². The van der Waals surface area contributed by atoms with Gasteiger partial charge in [-0.25, -0.2) is 9.97 Å². The number of benzene rings is 2. The number of nitrogens with one attached hydrogen (secondary N) is 1. The van der Waals surface area contributed by atoms with E-state index in [-0.39, 0.29) is 11.7 Å². The van der Waals surface area contributed by atoms with Crippen LogP contribution >= 0.6 is 0 Å². The third-order valence-corrected chi connectivity index (χ3v) is 3.03. The van der Waals surface area contributed by atoms with Crippen LogP contribution in [0.1, 0.15) is 16.3 Å². The molecule has 0 aliphatic rings. The zero-order valence-corrected chi connectivity index (χ0v) is 11.0. The number of rotatable bonds is 2. The highest BCUT2D eigenvalue weighted by Gasteiger charge is 2.12. The van der Waals surface area contributed by atoms with Crippen molar-refractivity contribution in [2.75, 3.05) is 5.32 Å². The highest BCUT2D eigenvalue weighted by atomic mass is 16.2. The molecule has 0 bridgehead atoms. The molecule has 4 nitrogen and oxygen atoms in total. The number of carbonyl (C=O) groups excluding carboxylic acids is 1. The molecule has 0 atom stereocenters. The molecule has 2 aromatic carbocycles. The summed E-state index contributed by atoms with van der Waals surface area (Å²) in [6.45, 7) is 1.88. The highest BCUT2D eigenvalue weighted by Crippen LogP contribution is 2.15. The Morgan fingerprint density at radius 2 is 1.65 bits per heavy atom. The molecule has 1 N–H and O–H groups in total. The summed E-state index contributed by atoms with van der Waals surface area (Å²) in [5.74, 6) is -0.116. The monoisotopic (exact) mass is 263 g/mol. The van der Waals surface area contributed by atoms with E-state index < -0.39 is 0 Å². The summed E-state index contributed by atoms with van der Waals surface area (Å²) in [5.41, 5.74) is 2.30. The Hall–Kier alpha value is -2.75. The van der Waals surface area contributed by atoms with E-state index in [1.807, 2.05) is 61.5 Å². The molecule has 0 radical (unpaired) electrons. The van der Waals surface area contributed by atoms with Gasteiger partial charge < -0.3 is 5.32 Å². The van der Waals surface area contributed by atoms with Crippen LogP contribution in [-0.2, 0) is 0 Å². The van der Waals surface area contributed by atoms with Gasteiger partial charge in [0, 0.05) is 16.8 Å². The van der Waals surface area contributed by atoms with Crippen LogP contribution in [0.2, 0.25) is 0 Å². The zero-order chi connectivity index (χ0) is 13.9. The molecule has 3 rings (SSSR count). The van der Waals surface area contributed by atoms with Crippen molar-refractivity contribution in [1.29, 1.82) is 0 Å². The fourth-order valence-corrected chi connectivity index (χ4v) is 2.05. The van der Waals surface area contributed by atoms with Crippen LogP contribution < -0.4 is 5.32 Å². The average Bonchev–Trinajstić information content (AvgIpc) is 2.48. The van der Waals surface area contributed by atoms with E-state index >= 15 is 0 Å². The van der Waals surface area contributed by atoms with Gasteiger partial charge in [-0.3, -0.25) is 4.79 Å². The van der Waals surface area contributed by atoms with Crippen LogP contribution in [0.5, 0.6) is 0 Å². The van der Waals surface area contributed by atoms with Gasteiger partial charge in [0.05, 0.1) is 5.52 Å². The predicted molar refractivity (Wildman–Crippen MR) is 78.7 cm³/mol. The molecule has 1 heterocycles. The number of aryl methyl sites for hydroxylation is 1. The summed E-state index contributed by atoms with van der Waals surface area (Å²) < 4.78 is 0. The zero-order valence-electron chi connectivity index (χ0n) is 11.0. The lowest BCUT2D eigenvalue weighted by molar-refractivity contribution is 0.101. The fourth-order valence-electron chi connectivity index (χ4n) is 2.05. The second-order valence-electron chi connectivity index (χ2n) is 4.47. The first-order valence-electron chi connectivity index (χ1n) is 6.34. The van der Waals surface area contributed by atoms with Gasteiger partial charge >= 0.3 is 0 Å². The molecule has 0 saturated heterocycles. The molecule has 4 heteroatoms. The lowest BCUT2D eigenvalue weighted by Crippen LogP contribution is -2.16. The Labute approximate surface area is 116 Å². The molecule has 3 aromatic rings. The van der Waals surface area contributed by atoms with Crippen LogP contribution in [-0.4, -0.2) is 15.9 Å². The summed E-state index contributed by atoms with van der Waals surface area (Å²) in [6.07, 6.45) is 0. The van der Waals surface area contributed by atoms with Crippen LogP contribution in [0.4, 0.5) is 5.69 Å². The molecular formula is C16H13N3O. The molecule has 0 unspecified atom stereocenters. The number of carbonyl (C=O) groups is 1. The van der Waals surface area contributed by atoms with Gasteiger partial charge in [-0.15, -0.1) is 0 Å². The SMILES string of the molecule is Cc1nc(C(=O)Nc2ccccc2)nc2ccccc12. The maximum absolute atomic E-state index is 12.2. The lowest BCUT2D eigenvalue weighted by Gasteiger charge is -2.06. The molecule has 98 valence electrons. The van der Waals surface area contributed by atoms with Crippen molar-refractivity contribution < 1.29 is 4.79 Å². The molecule has 0 saturated carbocycles. The van der Waals surface area contributed by atoms with Crippen LogP contribution in [0.15, 0.2) is 54.6 Å². The Morgan fingerprint density at radius 1 is 0.950 bits per heavy atom. The van der Waals surface area contributed by atoms with E-state index in [1.165, 1.54) is 0 Å². The topological polar surface area (TPSA) is 54.9 Å². The Kier molecular flexibility index (Phi) is 3.13. The standard InChI is InChI=1S/C16H13N3O/c1-11-13-9-5-6-10-14(13)19-15(17-11)16(20)18-12-7-3-2-4-8-12/h2-10H,1H3,(H,18,20). The molecule has 0 fully saturated rings. The number of fused-ring (bicyclic) bond motifs is 1. The van der Waals surface area contributed by atoms with Crippen LogP contribution in [0.3, 0.4) is 0 Å². The predicted octanol–water partition coefficient (Wildman–Crippen LogP) is 3.19. The van der Waals surface area contributed by atoms with Crippen LogP contribution in [0, 0.1) is 6.92 Å². The third kappa shape index (κ3) is 2.36. The number of hydrogen-bond acceptors (Lipinski definition) is 3. The summed E-state index contributed by atoms with van der Waals surface area (Å²) in [5, 5.41) is 3.75. The van der Waals surface area contributed by atoms with Crippen molar-refractivity contribution in [3.05, 3.63) is 66.1 Å². The van der Waals surface area contributed by atoms with E-state index in [9.17, 15) is 4.79 Å². The van der Waals surface area contributed by atoms with Crippen molar-refractivity contribution in [2.24, 2.45) is 0 Å². The molecule has 20 heavy (non-hydrogen) atoms. The van der Waals surface area contributed by atoms with Gasteiger partial charge in [0.25, 0.3) is 5.91 Å². The highest BCUT2D eigenvalue weighted by molar-refractivity contribution is 6.02. The Morgan fingerprint density at radius 3 is 2.45 bits per heavy atom. The quantitative estimate of drug-likeness (QED) is 0.772. The largest absolute Gasteiger partial charge is 0.319 e. The number of para-hydroxylation sites is 2. The number of aromatic nitrogens is 2. The first-order chi connectivity index (χ1) is 9.74. The van der Waals surface area contributed by atoms with Crippen LogP contribution in [0.25, 0.3) is 10.9 Å². The van der Waals surface area contributed by atoms with Gasteiger partial charge in [-0.05, 0) is 25.1 Å². The van der Waals surface area contributed by atoms with Gasteiger partial charge in [-0.1, -0.05) is 36.4 Å². The van der Waals surface area contributed by atoms with Gasteiger partial charge in [0.2, 0.25) is 5.82 Å².